The van der Waals surface area contributed by atoms with Crippen LogP contribution in [0.4, 0.5) is 0 Å². The van der Waals surface area contributed by atoms with Crippen LogP contribution in [0.3, 0.4) is 0 Å². The van der Waals surface area contributed by atoms with Crippen LogP contribution in [0.25, 0.3) is 10.4 Å². The Morgan fingerprint density at radius 2 is 2.06 bits per heavy atom. The Labute approximate surface area is 107 Å². The second kappa shape index (κ2) is 5.48. The van der Waals surface area contributed by atoms with Crippen molar-refractivity contribution >= 4 is 11.3 Å². The van der Waals surface area contributed by atoms with Crippen molar-refractivity contribution in [3.63, 3.8) is 0 Å². The summed E-state index contributed by atoms with van der Waals surface area (Å²) in [6.45, 7) is 5.15. The number of aryl methyl sites for hydroxylation is 1. The van der Waals surface area contributed by atoms with E-state index in [4.69, 9.17) is 5.73 Å². The summed E-state index contributed by atoms with van der Waals surface area (Å²) in [5.74, 6) is 0.573. The number of rotatable bonds is 4. The van der Waals surface area contributed by atoms with Gasteiger partial charge in [0.05, 0.1) is 0 Å². The highest BCUT2D eigenvalue weighted by atomic mass is 32.1. The second-order valence-electron chi connectivity index (χ2n) is 4.55. The minimum absolute atomic E-state index is 0.573. The molecule has 90 valence electrons. The Kier molecular flexibility index (Phi) is 3.97. The quantitative estimate of drug-likeness (QED) is 0.859. The molecule has 0 radical (unpaired) electrons. The highest BCUT2D eigenvalue weighted by molar-refractivity contribution is 7.15. The van der Waals surface area contributed by atoms with Crippen LogP contribution in [0.5, 0.6) is 0 Å². The van der Waals surface area contributed by atoms with Crippen molar-refractivity contribution in [1.82, 2.24) is 0 Å². The molecule has 1 unspecified atom stereocenters. The van der Waals surface area contributed by atoms with Crippen molar-refractivity contribution in [3.05, 3.63) is 46.8 Å². The Morgan fingerprint density at radius 1 is 1.24 bits per heavy atom. The zero-order chi connectivity index (χ0) is 12.3. The van der Waals surface area contributed by atoms with Gasteiger partial charge in [0.2, 0.25) is 0 Å². The first-order valence-corrected chi connectivity index (χ1v) is 6.89. The summed E-state index contributed by atoms with van der Waals surface area (Å²) in [6, 6.07) is 13.1. The molecule has 1 aromatic carbocycles. The zero-order valence-corrected chi connectivity index (χ0v) is 11.3. The highest BCUT2D eigenvalue weighted by Crippen LogP contribution is 2.33. The van der Waals surface area contributed by atoms with Crippen molar-refractivity contribution in [1.29, 1.82) is 0 Å². The summed E-state index contributed by atoms with van der Waals surface area (Å²) in [4.78, 5) is 2.79. The first-order chi connectivity index (χ1) is 8.20. The average molecular weight is 245 g/mol. The third-order valence-corrected chi connectivity index (χ3v) is 4.38. The molecular weight excluding hydrogens is 226 g/mol. The van der Waals surface area contributed by atoms with Crippen LogP contribution in [-0.2, 0) is 0 Å². The Bertz CT molecular complexity index is 487. The Balaban J connectivity index is 2.23. The van der Waals surface area contributed by atoms with Crippen molar-refractivity contribution in [2.45, 2.75) is 26.2 Å². The summed E-state index contributed by atoms with van der Waals surface area (Å²) >= 11 is 1.89. The predicted octanol–water partition coefficient (Wildman–Crippen LogP) is 4.18. The maximum atomic E-state index is 5.61. The summed E-state index contributed by atoms with van der Waals surface area (Å²) in [6.07, 6.45) is 1.06. The normalized spacial score (nSPS) is 12.6. The molecule has 0 fully saturated rings. The molecule has 1 aromatic heterocycles. The molecule has 0 aliphatic heterocycles. The number of hydrogen-bond donors (Lipinski definition) is 1. The van der Waals surface area contributed by atoms with Gasteiger partial charge in [-0.05, 0) is 43.5 Å². The second-order valence-corrected chi connectivity index (χ2v) is 5.67. The van der Waals surface area contributed by atoms with E-state index >= 15 is 0 Å². The van der Waals surface area contributed by atoms with Crippen molar-refractivity contribution < 1.29 is 0 Å². The molecule has 2 heteroatoms. The van der Waals surface area contributed by atoms with E-state index in [1.54, 1.807) is 0 Å². The van der Waals surface area contributed by atoms with E-state index in [0.717, 1.165) is 13.0 Å². The van der Waals surface area contributed by atoms with E-state index < -0.39 is 0 Å². The van der Waals surface area contributed by atoms with Gasteiger partial charge in [0.15, 0.2) is 0 Å². The molecule has 0 amide bonds. The van der Waals surface area contributed by atoms with Crippen molar-refractivity contribution in [3.8, 4) is 10.4 Å². The van der Waals surface area contributed by atoms with E-state index in [9.17, 15) is 0 Å². The lowest BCUT2D eigenvalue weighted by molar-refractivity contribution is 0.701. The van der Waals surface area contributed by atoms with Gasteiger partial charge >= 0.3 is 0 Å². The van der Waals surface area contributed by atoms with Gasteiger partial charge in [-0.25, -0.2) is 0 Å². The molecule has 2 aromatic rings. The van der Waals surface area contributed by atoms with Crippen LogP contribution in [0.2, 0.25) is 0 Å². The molecular formula is C15H19NS. The first kappa shape index (κ1) is 12.3. The van der Waals surface area contributed by atoms with E-state index in [0.29, 0.717) is 5.92 Å². The number of thiophene rings is 1. The topological polar surface area (TPSA) is 26.0 Å². The van der Waals surface area contributed by atoms with Gasteiger partial charge in [-0.3, -0.25) is 0 Å². The summed E-state index contributed by atoms with van der Waals surface area (Å²) in [5, 5.41) is 0. The maximum Gasteiger partial charge on any atom is 0.0345 e. The van der Waals surface area contributed by atoms with E-state index in [-0.39, 0.29) is 0 Å². The Morgan fingerprint density at radius 3 is 2.76 bits per heavy atom. The first-order valence-electron chi connectivity index (χ1n) is 6.07. The summed E-state index contributed by atoms with van der Waals surface area (Å²) in [7, 11) is 0. The molecule has 0 aliphatic rings. The number of benzene rings is 1. The third-order valence-electron chi connectivity index (χ3n) is 3.01. The van der Waals surface area contributed by atoms with Gasteiger partial charge in [0.1, 0.15) is 0 Å². The molecule has 0 aliphatic carbocycles. The van der Waals surface area contributed by atoms with Gasteiger partial charge in [-0.1, -0.05) is 36.8 Å². The van der Waals surface area contributed by atoms with Gasteiger partial charge < -0.3 is 5.73 Å². The molecule has 1 atom stereocenters. The zero-order valence-electron chi connectivity index (χ0n) is 10.4. The highest BCUT2D eigenvalue weighted by Gasteiger charge is 2.08. The summed E-state index contributed by atoms with van der Waals surface area (Å²) < 4.78 is 0. The van der Waals surface area contributed by atoms with Crippen LogP contribution < -0.4 is 5.73 Å². The van der Waals surface area contributed by atoms with Gasteiger partial charge in [-0.15, -0.1) is 11.3 Å². The molecule has 0 spiro atoms. The molecule has 17 heavy (non-hydrogen) atoms. The smallest absolute Gasteiger partial charge is 0.0345 e. The lowest BCUT2D eigenvalue weighted by Gasteiger charge is -2.06. The van der Waals surface area contributed by atoms with Crippen LogP contribution in [-0.4, -0.2) is 6.54 Å². The summed E-state index contributed by atoms with van der Waals surface area (Å²) in [5.41, 5.74) is 8.24. The van der Waals surface area contributed by atoms with E-state index in [1.807, 2.05) is 11.3 Å². The lowest BCUT2D eigenvalue weighted by Crippen LogP contribution is -2.03. The predicted molar refractivity (Wildman–Crippen MR) is 76.6 cm³/mol. The molecule has 0 saturated carbocycles. The maximum absolute atomic E-state index is 5.61. The fourth-order valence-corrected chi connectivity index (χ4v) is 3.05. The largest absolute Gasteiger partial charge is 0.330 e. The van der Waals surface area contributed by atoms with Crippen LogP contribution in [0.15, 0.2) is 36.4 Å². The van der Waals surface area contributed by atoms with E-state index in [1.165, 1.54) is 20.9 Å². The van der Waals surface area contributed by atoms with Gasteiger partial charge in [0, 0.05) is 9.75 Å². The number of hydrogen-bond acceptors (Lipinski definition) is 2. The fourth-order valence-electron chi connectivity index (χ4n) is 1.96. The molecule has 2 N–H and O–H groups in total. The van der Waals surface area contributed by atoms with Crippen molar-refractivity contribution in [2.24, 2.45) is 5.73 Å². The van der Waals surface area contributed by atoms with Crippen molar-refractivity contribution in [2.75, 3.05) is 6.54 Å². The minimum atomic E-state index is 0.573. The van der Waals surface area contributed by atoms with Crippen LogP contribution in [0.1, 0.15) is 29.7 Å². The van der Waals surface area contributed by atoms with Crippen LogP contribution in [0, 0.1) is 6.92 Å². The molecule has 1 heterocycles. The van der Waals surface area contributed by atoms with Gasteiger partial charge in [-0.2, -0.15) is 0 Å². The standard InChI is InChI=1S/C15H19NS/c1-11-4-3-5-13(10-11)15-7-6-14(17-15)12(2)8-9-16/h3-7,10,12H,8-9,16H2,1-2H3. The average Bonchev–Trinajstić information content (AvgIpc) is 2.78. The Hall–Kier alpha value is -1.12. The number of nitrogens with two attached hydrogens (primary N) is 1. The molecule has 0 saturated heterocycles. The van der Waals surface area contributed by atoms with Crippen LogP contribution >= 0.6 is 11.3 Å². The minimum Gasteiger partial charge on any atom is -0.330 e. The fraction of sp³-hybridized carbons (Fsp3) is 0.333. The SMILES string of the molecule is Cc1cccc(-c2ccc(C(C)CCN)s2)c1. The monoisotopic (exact) mass is 245 g/mol. The lowest BCUT2D eigenvalue weighted by atomic mass is 10.1. The van der Waals surface area contributed by atoms with E-state index in [2.05, 4.69) is 50.2 Å². The molecule has 1 nitrogen and oxygen atoms in total. The molecule has 0 bridgehead atoms. The van der Waals surface area contributed by atoms with Gasteiger partial charge in [0.25, 0.3) is 0 Å². The molecule has 2 rings (SSSR count). The third kappa shape index (κ3) is 2.96.